The van der Waals surface area contributed by atoms with E-state index in [9.17, 15) is 0 Å². The molecule has 5 nitrogen and oxygen atoms in total. The standard InChI is InChI=1S/C13H25N5/c1-13-11-15-18(12-13)6-4-14-3-5-17-9-7-16(2)8-10-17/h11-12,14H,3-10H2,1-2H3. The highest BCUT2D eigenvalue weighted by Gasteiger charge is 2.12. The molecule has 0 aliphatic carbocycles. The molecule has 1 fully saturated rings. The van der Waals surface area contributed by atoms with Gasteiger partial charge in [-0.3, -0.25) is 9.58 Å². The van der Waals surface area contributed by atoms with Gasteiger partial charge >= 0.3 is 0 Å². The molecule has 0 saturated carbocycles. The highest BCUT2D eigenvalue weighted by atomic mass is 15.3. The van der Waals surface area contributed by atoms with Gasteiger partial charge in [0.05, 0.1) is 12.7 Å². The number of rotatable bonds is 6. The summed E-state index contributed by atoms with van der Waals surface area (Å²) >= 11 is 0. The second-order valence-electron chi connectivity index (χ2n) is 5.18. The Morgan fingerprint density at radius 2 is 1.89 bits per heavy atom. The van der Waals surface area contributed by atoms with Crippen LogP contribution in [0.3, 0.4) is 0 Å². The van der Waals surface area contributed by atoms with E-state index in [1.807, 2.05) is 10.9 Å². The van der Waals surface area contributed by atoms with E-state index in [0.717, 1.165) is 26.2 Å². The van der Waals surface area contributed by atoms with Gasteiger partial charge in [-0.25, -0.2) is 0 Å². The van der Waals surface area contributed by atoms with Crippen molar-refractivity contribution >= 4 is 0 Å². The summed E-state index contributed by atoms with van der Waals surface area (Å²) in [4.78, 5) is 4.93. The molecule has 1 N–H and O–H groups in total. The van der Waals surface area contributed by atoms with Crippen LogP contribution < -0.4 is 5.32 Å². The Labute approximate surface area is 110 Å². The summed E-state index contributed by atoms with van der Waals surface area (Å²) in [6.07, 6.45) is 3.99. The third-order valence-electron chi connectivity index (χ3n) is 3.48. The SMILES string of the molecule is Cc1cnn(CCNCCN2CCN(C)CC2)c1. The molecule has 1 aliphatic rings. The predicted octanol–water partition coefficient (Wildman–Crippen LogP) is 0.0285. The molecule has 0 spiro atoms. The van der Waals surface area contributed by atoms with Crippen LogP contribution in [0.1, 0.15) is 5.56 Å². The Hall–Kier alpha value is -0.910. The van der Waals surface area contributed by atoms with Gasteiger partial charge < -0.3 is 10.2 Å². The molecule has 18 heavy (non-hydrogen) atoms. The third kappa shape index (κ3) is 4.40. The average Bonchev–Trinajstić information content (AvgIpc) is 2.77. The van der Waals surface area contributed by atoms with Crippen LogP contribution in [0.5, 0.6) is 0 Å². The van der Waals surface area contributed by atoms with Gasteiger partial charge in [-0.1, -0.05) is 0 Å². The van der Waals surface area contributed by atoms with Gasteiger partial charge in [0.2, 0.25) is 0 Å². The van der Waals surface area contributed by atoms with Crippen LogP contribution in [0.2, 0.25) is 0 Å². The molecule has 0 radical (unpaired) electrons. The molecule has 0 aromatic carbocycles. The summed E-state index contributed by atoms with van der Waals surface area (Å²) in [7, 11) is 2.20. The molecule has 102 valence electrons. The van der Waals surface area contributed by atoms with Crippen molar-refractivity contribution < 1.29 is 0 Å². The number of aryl methyl sites for hydroxylation is 1. The van der Waals surface area contributed by atoms with E-state index in [2.05, 4.69) is 40.4 Å². The molecule has 1 saturated heterocycles. The largest absolute Gasteiger partial charge is 0.314 e. The fraction of sp³-hybridized carbons (Fsp3) is 0.769. The molecule has 0 atom stereocenters. The molecule has 1 aromatic heterocycles. The number of hydrogen-bond donors (Lipinski definition) is 1. The average molecular weight is 251 g/mol. The van der Waals surface area contributed by atoms with Crippen molar-refractivity contribution in [1.29, 1.82) is 0 Å². The van der Waals surface area contributed by atoms with E-state index in [1.165, 1.54) is 31.7 Å². The summed E-state index contributed by atoms with van der Waals surface area (Å²) < 4.78 is 2.00. The van der Waals surface area contributed by atoms with Crippen LogP contribution in [-0.4, -0.2) is 72.4 Å². The van der Waals surface area contributed by atoms with Crippen LogP contribution in [0.25, 0.3) is 0 Å². The van der Waals surface area contributed by atoms with Crippen LogP contribution in [0.4, 0.5) is 0 Å². The fourth-order valence-corrected chi connectivity index (χ4v) is 2.22. The van der Waals surface area contributed by atoms with Gasteiger partial charge in [0.1, 0.15) is 0 Å². The lowest BCUT2D eigenvalue weighted by Crippen LogP contribution is -2.46. The van der Waals surface area contributed by atoms with Crippen molar-refractivity contribution in [3.8, 4) is 0 Å². The first kappa shape index (κ1) is 13.5. The number of nitrogens with one attached hydrogen (secondary N) is 1. The number of piperazine rings is 1. The first-order valence-corrected chi connectivity index (χ1v) is 6.85. The summed E-state index contributed by atoms with van der Waals surface area (Å²) in [6, 6.07) is 0. The van der Waals surface area contributed by atoms with Crippen molar-refractivity contribution in [1.82, 2.24) is 24.9 Å². The monoisotopic (exact) mass is 251 g/mol. The Bertz CT molecular complexity index is 341. The highest BCUT2D eigenvalue weighted by molar-refractivity contribution is 4.99. The first-order valence-electron chi connectivity index (χ1n) is 6.85. The molecule has 0 bridgehead atoms. The summed E-state index contributed by atoms with van der Waals surface area (Å²) in [5.41, 5.74) is 1.23. The minimum atomic E-state index is 0.955. The topological polar surface area (TPSA) is 36.3 Å². The molecule has 5 heteroatoms. The summed E-state index contributed by atoms with van der Waals surface area (Å²) in [5.74, 6) is 0. The van der Waals surface area contributed by atoms with E-state index in [1.54, 1.807) is 0 Å². The second kappa shape index (κ2) is 6.87. The van der Waals surface area contributed by atoms with E-state index in [0.29, 0.717) is 0 Å². The maximum Gasteiger partial charge on any atom is 0.0534 e. The molecule has 2 rings (SSSR count). The van der Waals surface area contributed by atoms with Crippen molar-refractivity contribution in [2.75, 3.05) is 52.9 Å². The van der Waals surface area contributed by atoms with Gasteiger partial charge in [0.25, 0.3) is 0 Å². The molecule has 1 aromatic rings. The van der Waals surface area contributed by atoms with E-state index in [4.69, 9.17) is 0 Å². The van der Waals surface area contributed by atoms with Crippen LogP contribution in [0.15, 0.2) is 12.4 Å². The third-order valence-corrected chi connectivity index (χ3v) is 3.48. The Morgan fingerprint density at radius 1 is 1.17 bits per heavy atom. The predicted molar refractivity (Wildman–Crippen MR) is 73.8 cm³/mol. The van der Waals surface area contributed by atoms with Crippen molar-refractivity contribution in [2.24, 2.45) is 0 Å². The Morgan fingerprint density at radius 3 is 2.56 bits per heavy atom. The summed E-state index contributed by atoms with van der Waals surface area (Å²) in [5, 5.41) is 7.76. The fourth-order valence-electron chi connectivity index (χ4n) is 2.22. The normalized spacial score (nSPS) is 18.3. The molecule has 0 amide bonds. The van der Waals surface area contributed by atoms with E-state index < -0.39 is 0 Å². The molecule has 1 aliphatic heterocycles. The number of aromatic nitrogens is 2. The van der Waals surface area contributed by atoms with Crippen molar-refractivity contribution in [2.45, 2.75) is 13.5 Å². The lowest BCUT2D eigenvalue weighted by atomic mass is 10.3. The van der Waals surface area contributed by atoms with Crippen molar-refractivity contribution in [3.05, 3.63) is 18.0 Å². The number of nitrogens with zero attached hydrogens (tertiary/aromatic N) is 4. The molecule has 0 unspecified atom stereocenters. The smallest absolute Gasteiger partial charge is 0.0534 e. The minimum absolute atomic E-state index is 0.955. The lowest BCUT2D eigenvalue weighted by Gasteiger charge is -2.32. The van der Waals surface area contributed by atoms with Crippen molar-refractivity contribution in [3.63, 3.8) is 0 Å². The Kier molecular flexibility index (Phi) is 5.16. The Balaban J connectivity index is 1.51. The molecular weight excluding hydrogens is 226 g/mol. The maximum absolute atomic E-state index is 4.27. The summed E-state index contributed by atoms with van der Waals surface area (Å²) in [6.45, 7) is 11.1. The maximum atomic E-state index is 4.27. The number of hydrogen-bond acceptors (Lipinski definition) is 4. The lowest BCUT2D eigenvalue weighted by molar-refractivity contribution is 0.154. The number of likely N-dealkylation sites (N-methyl/N-ethyl adjacent to an activating group) is 1. The molecule has 2 heterocycles. The zero-order chi connectivity index (χ0) is 12.8. The van der Waals surface area contributed by atoms with Crippen LogP contribution in [-0.2, 0) is 6.54 Å². The van der Waals surface area contributed by atoms with Gasteiger partial charge in [-0.2, -0.15) is 5.10 Å². The van der Waals surface area contributed by atoms with Gasteiger partial charge in [-0.15, -0.1) is 0 Å². The molecular formula is C13H25N5. The minimum Gasteiger partial charge on any atom is -0.314 e. The van der Waals surface area contributed by atoms with Crippen LogP contribution in [0, 0.1) is 6.92 Å². The van der Waals surface area contributed by atoms with Gasteiger partial charge in [0, 0.05) is 52.0 Å². The highest BCUT2D eigenvalue weighted by Crippen LogP contribution is 1.97. The van der Waals surface area contributed by atoms with Crippen LogP contribution >= 0.6 is 0 Å². The first-order chi connectivity index (χ1) is 8.74. The van der Waals surface area contributed by atoms with Gasteiger partial charge in [0.15, 0.2) is 0 Å². The second-order valence-corrected chi connectivity index (χ2v) is 5.18. The van der Waals surface area contributed by atoms with E-state index in [-0.39, 0.29) is 0 Å². The zero-order valence-corrected chi connectivity index (χ0v) is 11.6. The zero-order valence-electron chi connectivity index (χ0n) is 11.6. The van der Waals surface area contributed by atoms with Gasteiger partial charge in [-0.05, 0) is 19.5 Å². The quantitative estimate of drug-likeness (QED) is 0.724. The van der Waals surface area contributed by atoms with E-state index >= 15 is 0 Å².